The van der Waals surface area contributed by atoms with Gasteiger partial charge in [0, 0.05) is 11.7 Å². The van der Waals surface area contributed by atoms with E-state index in [9.17, 15) is 19.2 Å². The number of β-lactam (4-membered cyclic amide) rings is 1. The Morgan fingerprint density at radius 1 is 1.27 bits per heavy atom. The number of esters is 2. The molecule has 4 rings (SSSR count). The molecule has 3 aliphatic rings. The average Bonchev–Trinajstić information content (AvgIpc) is 3.31. The van der Waals surface area contributed by atoms with Crippen molar-refractivity contribution >= 4 is 35.5 Å². The first-order valence-electron chi connectivity index (χ1n) is 10.3. The van der Waals surface area contributed by atoms with Gasteiger partial charge >= 0.3 is 11.9 Å². The minimum atomic E-state index is -0.879. The largest absolute Gasteiger partial charge is 0.454 e. The maximum Gasteiger partial charge on any atom is 0.333 e. The Labute approximate surface area is 194 Å². The number of nitrogens with one attached hydrogen (secondary N) is 1. The molecule has 0 aromatic heterocycles. The third kappa shape index (κ3) is 4.44. The van der Waals surface area contributed by atoms with E-state index in [2.05, 4.69) is 10.1 Å². The molecule has 178 valence electrons. The van der Waals surface area contributed by atoms with Crippen LogP contribution in [0, 0.1) is 0 Å². The van der Waals surface area contributed by atoms with Gasteiger partial charge < -0.3 is 34.9 Å². The van der Waals surface area contributed by atoms with Gasteiger partial charge in [0.05, 0.1) is 6.04 Å². The molecule has 12 heteroatoms. The second kappa shape index (κ2) is 8.75. The van der Waals surface area contributed by atoms with E-state index in [-0.39, 0.29) is 13.2 Å². The van der Waals surface area contributed by atoms with Crippen molar-refractivity contribution in [2.24, 2.45) is 5.73 Å². The quantitative estimate of drug-likeness (QED) is 0.309. The highest BCUT2D eigenvalue weighted by Gasteiger charge is 2.64. The van der Waals surface area contributed by atoms with Crippen molar-refractivity contribution in [3.63, 3.8) is 0 Å². The third-order valence-electron chi connectivity index (χ3n) is 5.65. The van der Waals surface area contributed by atoms with Crippen molar-refractivity contribution in [2.45, 2.75) is 55.4 Å². The summed E-state index contributed by atoms with van der Waals surface area (Å²) in [6.07, 6.45) is 0.251. The number of benzene rings is 1. The number of hydrogen-bond acceptors (Lipinski definition) is 10. The second-order valence-corrected chi connectivity index (χ2v) is 10.2. The van der Waals surface area contributed by atoms with Gasteiger partial charge in [0.2, 0.25) is 25.4 Å². The van der Waals surface area contributed by atoms with Gasteiger partial charge in [-0.15, -0.1) is 11.8 Å². The minimum Gasteiger partial charge on any atom is -0.454 e. The number of nitrogens with two attached hydrogens (primary N) is 1. The molecule has 0 aliphatic carbocycles. The molecular weight excluding hydrogens is 454 g/mol. The smallest absolute Gasteiger partial charge is 0.333 e. The van der Waals surface area contributed by atoms with Gasteiger partial charge in [-0.3, -0.25) is 14.4 Å². The molecule has 11 nitrogen and oxygen atoms in total. The normalized spacial score (nSPS) is 25.0. The van der Waals surface area contributed by atoms with Crippen LogP contribution in [0.4, 0.5) is 0 Å². The minimum absolute atomic E-state index is 0.152. The van der Waals surface area contributed by atoms with E-state index in [1.807, 2.05) is 13.8 Å². The van der Waals surface area contributed by atoms with Gasteiger partial charge in [-0.25, -0.2) is 4.79 Å². The standard InChI is InChI=1S/C21H25N3O8S/c1-10(25)29-8-32-20(28)16-21(2,3)33-19-15(18(27)24(16)19)23-17(26)12(22)6-11-4-5-13-14(7-11)31-9-30-13/h4-5,7,12,15-16,19H,6,8-9,22H2,1-3H3,(H,23,26)/t12?,15-,16+,19-/m1/s1. The molecule has 2 fully saturated rings. The van der Waals surface area contributed by atoms with E-state index in [4.69, 9.17) is 19.9 Å². The molecule has 1 aromatic carbocycles. The number of carbonyl (C=O) groups excluding carboxylic acids is 4. The zero-order valence-corrected chi connectivity index (χ0v) is 19.2. The Hall–Kier alpha value is -2.99. The average molecular weight is 480 g/mol. The number of carbonyl (C=O) groups is 4. The van der Waals surface area contributed by atoms with E-state index in [1.165, 1.54) is 23.6 Å². The molecule has 2 saturated heterocycles. The van der Waals surface area contributed by atoms with Crippen molar-refractivity contribution in [1.29, 1.82) is 0 Å². The van der Waals surface area contributed by atoms with Gasteiger partial charge in [-0.2, -0.15) is 0 Å². The fourth-order valence-electron chi connectivity index (χ4n) is 4.05. The number of rotatable bonds is 7. The number of nitrogens with zero attached hydrogens (tertiary/aromatic N) is 1. The number of thioether (sulfide) groups is 1. The van der Waals surface area contributed by atoms with Crippen LogP contribution < -0.4 is 20.5 Å². The van der Waals surface area contributed by atoms with Gasteiger partial charge in [-0.1, -0.05) is 6.07 Å². The van der Waals surface area contributed by atoms with Crippen molar-refractivity contribution in [3.8, 4) is 11.5 Å². The summed E-state index contributed by atoms with van der Waals surface area (Å²) in [5, 5.41) is 2.28. The molecule has 3 aliphatic heterocycles. The van der Waals surface area contributed by atoms with Crippen molar-refractivity contribution < 1.29 is 38.1 Å². The van der Waals surface area contributed by atoms with E-state index >= 15 is 0 Å². The van der Waals surface area contributed by atoms with E-state index in [1.54, 1.807) is 18.2 Å². The number of fused-ring (bicyclic) bond motifs is 2. The zero-order valence-electron chi connectivity index (χ0n) is 18.4. The summed E-state index contributed by atoms with van der Waals surface area (Å²) in [6, 6.07) is 2.79. The van der Waals surface area contributed by atoms with E-state index in [0.29, 0.717) is 11.5 Å². The Kier molecular flexibility index (Phi) is 6.14. The third-order valence-corrected chi connectivity index (χ3v) is 7.23. The summed E-state index contributed by atoms with van der Waals surface area (Å²) in [6.45, 7) is 4.45. The fraction of sp³-hybridized carbons (Fsp3) is 0.524. The van der Waals surface area contributed by atoms with Crippen molar-refractivity contribution in [1.82, 2.24) is 10.2 Å². The summed E-state index contributed by atoms with van der Waals surface area (Å²) in [7, 11) is 0. The topological polar surface area (TPSA) is 146 Å². The lowest BCUT2D eigenvalue weighted by Crippen LogP contribution is -2.71. The Morgan fingerprint density at radius 2 is 2.00 bits per heavy atom. The molecule has 0 spiro atoms. The van der Waals surface area contributed by atoms with Crippen molar-refractivity contribution in [2.75, 3.05) is 13.6 Å². The molecule has 0 radical (unpaired) electrons. The maximum absolute atomic E-state index is 12.8. The lowest BCUT2D eigenvalue weighted by molar-refractivity contribution is -0.175. The molecule has 33 heavy (non-hydrogen) atoms. The molecule has 0 saturated carbocycles. The van der Waals surface area contributed by atoms with Crippen LogP contribution in [0.2, 0.25) is 0 Å². The predicted octanol–water partition coefficient (Wildman–Crippen LogP) is -0.104. The van der Waals surface area contributed by atoms with E-state index < -0.39 is 58.8 Å². The number of amides is 2. The molecule has 4 atom stereocenters. The van der Waals surface area contributed by atoms with Crippen LogP contribution in [0.5, 0.6) is 11.5 Å². The van der Waals surface area contributed by atoms with Crippen LogP contribution in [-0.4, -0.2) is 70.5 Å². The first-order valence-corrected chi connectivity index (χ1v) is 11.2. The first-order chi connectivity index (χ1) is 15.6. The highest BCUT2D eigenvalue weighted by molar-refractivity contribution is 8.01. The van der Waals surface area contributed by atoms with Crippen LogP contribution in [0.1, 0.15) is 26.3 Å². The van der Waals surface area contributed by atoms with Crippen LogP contribution in [0.3, 0.4) is 0 Å². The highest BCUT2D eigenvalue weighted by atomic mass is 32.2. The monoisotopic (exact) mass is 479 g/mol. The molecule has 1 aromatic rings. The van der Waals surface area contributed by atoms with Gasteiger partial charge in [0.1, 0.15) is 17.5 Å². The van der Waals surface area contributed by atoms with Crippen molar-refractivity contribution in [3.05, 3.63) is 23.8 Å². The molecular formula is C21H25N3O8S. The van der Waals surface area contributed by atoms with E-state index in [0.717, 1.165) is 5.56 Å². The van der Waals surface area contributed by atoms with Gasteiger partial charge in [0.15, 0.2) is 11.5 Å². The van der Waals surface area contributed by atoms with Gasteiger partial charge in [-0.05, 0) is 38.0 Å². The predicted molar refractivity (Wildman–Crippen MR) is 115 cm³/mol. The van der Waals surface area contributed by atoms with Crippen LogP contribution in [0.25, 0.3) is 0 Å². The SMILES string of the molecule is CC(=O)OCOC(=O)[C@@H]1N2C(=O)[C@@H](NC(=O)C(N)Cc3ccc4c(c3)OCO4)[C@H]2SC1(C)C. The second-order valence-electron chi connectivity index (χ2n) is 8.46. The highest BCUT2D eigenvalue weighted by Crippen LogP contribution is 2.51. The maximum atomic E-state index is 12.8. The molecule has 3 heterocycles. The number of hydrogen-bond donors (Lipinski definition) is 2. The fourth-order valence-corrected chi connectivity index (χ4v) is 5.67. The van der Waals surface area contributed by atoms with Crippen LogP contribution in [-0.2, 0) is 35.1 Å². The molecule has 1 unspecified atom stereocenters. The van der Waals surface area contributed by atoms with Crippen LogP contribution >= 0.6 is 11.8 Å². The zero-order chi connectivity index (χ0) is 23.9. The Balaban J connectivity index is 1.35. The van der Waals surface area contributed by atoms with Crippen LogP contribution in [0.15, 0.2) is 18.2 Å². The summed E-state index contributed by atoms with van der Waals surface area (Å²) < 4.78 is 19.6. The number of ether oxygens (including phenoxy) is 4. The first kappa shape index (κ1) is 23.2. The summed E-state index contributed by atoms with van der Waals surface area (Å²) in [4.78, 5) is 50.3. The summed E-state index contributed by atoms with van der Waals surface area (Å²) >= 11 is 1.39. The molecule has 0 bridgehead atoms. The lowest BCUT2D eigenvalue weighted by Gasteiger charge is -2.44. The Bertz CT molecular complexity index is 1000. The molecule has 3 N–H and O–H groups in total. The Morgan fingerprint density at radius 3 is 2.73 bits per heavy atom. The molecule has 2 amide bonds. The summed E-state index contributed by atoms with van der Waals surface area (Å²) in [5.74, 6) is -0.879. The summed E-state index contributed by atoms with van der Waals surface area (Å²) in [5.41, 5.74) is 6.88. The van der Waals surface area contributed by atoms with Gasteiger partial charge in [0.25, 0.3) is 0 Å². The lowest BCUT2D eigenvalue weighted by atomic mass is 9.95.